The molecular formula is C25H19ClF2N6O4S. The van der Waals surface area contributed by atoms with Crippen molar-refractivity contribution in [3.05, 3.63) is 75.4 Å². The number of pyridine rings is 3. The van der Waals surface area contributed by atoms with Gasteiger partial charge in [-0.25, -0.2) is 15.0 Å². The Kier molecular flexibility index (Phi) is 7.35. The van der Waals surface area contributed by atoms with Crippen molar-refractivity contribution in [1.82, 2.24) is 24.8 Å². The van der Waals surface area contributed by atoms with E-state index in [0.29, 0.717) is 33.4 Å². The summed E-state index contributed by atoms with van der Waals surface area (Å²) in [5.74, 6) is -0.791. The molecule has 4 aromatic rings. The SMILES string of the molecule is COc1cnc(Cl)cc1-c1cc(C)ncc1C(=O)Nc1nc2c(s1)CN(C(=O)c1cccc(OC(F)F)n1)C2. The van der Waals surface area contributed by atoms with Crippen LogP contribution in [-0.4, -0.2) is 50.4 Å². The van der Waals surface area contributed by atoms with Crippen LogP contribution in [0.3, 0.4) is 0 Å². The molecule has 1 aliphatic rings. The molecule has 0 aliphatic carbocycles. The van der Waals surface area contributed by atoms with E-state index in [-0.39, 0.29) is 35.4 Å². The van der Waals surface area contributed by atoms with E-state index in [4.69, 9.17) is 16.3 Å². The quantitative estimate of drug-likeness (QED) is 0.308. The van der Waals surface area contributed by atoms with Crippen LogP contribution < -0.4 is 14.8 Å². The number of carbonyl (C=O) groups is 2. The first-order valence-electron chi connectivity index (χ1n) is 11.4. The van der Waals surface area contributed by atoms with Crippen LogP contribution >= 0.6 is 22.9 Å². The number of aryl methyl sites for hydroxylation is 1. The number of thiazole rings is 1. The molecule has 5 rings (SSSR count). The van der Waals surface area contributed by atoms with E-state index in [1.165, 1.54) is 53.9 Å². The molecule has 5 heterocycles. The number of nitrogens with zero attached hydrogens (tertiary/aromatic N) is 5. The van der Waals surface area contributed by atoms with Gasteiger partial charge in [-0.1, -0.05) is 29.0 Å². The van der Waals surface area contributed by atoms with Crippen molar-refractivity contribution in [2.45, 2.75) is 26.6 Å². The normalized spacial score (nSPS) is 12.4. The highest BCUT2D eigenvalue weighted by Crippen LogP contribution is 2.35. The molecule has 4 aromatic heterocycles. The zero-order chi connectivity index (χ0) is 27.7. The zero-order valence-corrected chi connectivity index (χ0v) is 22.0. The lowest BCUT2D eigenvalue weighted by atomic mass is 10.0. The zero-order valence-electron chi connectivity index (χ0n) is 20.4. The minimum atomic E-state index is -3.05. The summed E-state index contributed by atoms with van der Waals surface area (Å²) in [6.07, 6.45) is 2.94. The topological polar surface area (TPSA) is 119 Å². The Bertz CT molecular complexity index is 1560. The van der Waals surface area contributed by atoms with Crippen LogP contribution in [0.2, 0.25) is 5.15 Å². The first kappa shape index (κ1) is 26.4. The summed E-state index contributed by atoms with van der Waals surface area (Å²) in [6.45, 7) is -0.841. The fourth-order valence-electron chi connectivity index (χ4n) is 4.01. The highest BCUT2D eigenvalue weighted by molar-refractivity contribution is 7.16. The number of amides is 2. The summed E-state index contributed by atoms with van der Waals surface area (Å²) in [5, 5.41) is 3.40. The second kappa shape index (κ2) is 10.9. The summed E-state index contributed by atoms with van der Waals surface area (Å²) < 4.78 is 34.7. The molecule has 0 saturated carbocycles. The van der Waals surface area contributed by atoms with Crippen LogP contribution in [0.4, 0.5) is 13.9 Å². The molecule has 0 atom stereocenters. The molecule has 10 nitrogen and oxygen atoms in total. The Balaban J connectivity index is 1.32. The second-order valence-corrected chi connectivity index (χ2v) is 9.79. The van der Waals surface area contributed by atoms with Crippen LogP contribution in [0, 0.1) is 6.92 Å². The summed E-state index contributed by atoms with van der Waals surface area (Å²) >= 11 is 7.34. The molecule has 0 bridgehead atoms. The predicted octanol–water partition coefficient (Wildman–Crippen LogP) is 4.98. The van der Waals surface area contributed by atoms with E-state index in [9.17, 15) is 18.4 Å². The molecule has 0 unspecified atom stereocenters. The van der Waals surface area contributed by atoms with Gasteiger partial charge in [0.25, 0.3) is 11.8 Å². The molecule has 0 aromatic carbocycles. The Morgan fingerprint density at radius 3 is 2.69 bits per heavy atom. The second-order valence-electron chi connectivity index (χ2n) is 8.32. The smallest absolute Gasteiger partial charge is 0.388 e. The summed E-state index contributed by atoms with van der Waals surface area (Å²) in [6, 6.07) is 7.45. The minimum Gasteiger partial charge on any atom is -0.494 e. The van der Waals surface area contributed by atoms with Crippen molar-refractivity contribution in [1.29, 1.82) is 0 Å². The van der Waals surface area contributed by atoms with Gasteiger partial charge < -0.3 is 14.4 Å². The van der Waals surface area contributed by atoms with E-state index < -0.39 is 18.4 Å². The predicted molar refractivity (Wildman–Crippen MR) is 138 cm³/mol. The Labute approximate surface area is 229 Å². The standard InChI is InChI=1S/C25H19ClF2N6O4S/c1-12-6-13(14-7-20(26)30-9-18(14)37-2)15(8-29-12)22(35)33-25-32-17-10-34(11-19(17)39-25)23(36)16-4-3-5-21(31-16)38-24(27)28/h3-9,24H,10-11H2,1-2H3,(H,32,33,35). The molecule has 0 spiro atoms. The van der Waals surface area contributed by atoms with Gasteiger partial charge in [-0.2, -0.15) is 8.78 Å². The van der Waals surface area contributed by atoms with Crippen LogP contribution in [0.5, 0.6) is 11.6 Å². The molecule has 200 valence electrons. The van der Waals surface area contributed by atoms with Crippen molar-refractivity contribution < 1.29 is 27.8 Å². The maximum Gasteiger partial charge on any atom is 0.388 e. The molecule has 0 saturated heterocycles. The van der Waals surface area contributed by atoms with Gasteiger partial charge in [0.05, 0.1) is 42.5 Å². The molecule has 1 N–H and O–H groups in total. The molecule has 0 fully saturated rings. The molecule has 14 heteroatoms. The van der Waals surface area contributed by atoms with Crippen LogP contribution in [0.25, 0.3) is 11.1 Å². The summed E-state index contributed by atoms with van der Waals surface area (Å²) in [5.41, 5.74) is 2.71. The Morgan fingerprint density at radius 1 is 1.13 bits per heavy atom. The van der Waals surface area contributed by atoms with Gasteiger partial charge in [0, 0.05) is 29.1 Å². The van der Waals surface area contributed by atoms with E-state index in [1.54, 1.807) is 19.1 Å². The van der Waals surface area contributed by atoms with Gasteiger partial charge >= 0.3 is 6.61 Å². The number of fused-ring (bicyclic) bond motifs is 1. The van der Waals surface area contributed by atoms with Gasteiger partial charge in [0.2, 0.25) is 5.88 Å². The monoisotopic (exact) mass is 572 g/mol. The summed E-state index contributed by atoms with van der Waals surface area (Å²) in [7, 11) is 1.50. The lowest BCUT2D eigenvalue weighted by Crippen LogP contribution is -2.26. The molecule has 1 aliphatic heterocycles. The number of hydrogen-bond donors (Lipinski definition) is 1. The van der Waals surface area contributed by atoms with E-state index in [1.807, 2.05) is 0 Å². The third kappa shape index (κ3) is 5.64. The lowest BCUT2D eigenvalue weighted by molar-refractivity contribution is -0.0529. The maximum atomic E-state index is 13.3. The fraction of sp³-hybridized carbons (Fsp3) is 0.200. The average molecular weight is 573 g/mol. The average Bonchev–Trinajstić information content (AvgIpc) is 3.46. The molecule has 0 radical (unpaired) electrons. The van der Waals surface area contributed by atoms with Gasteiger partial charge in [-0.05, 0) is 25.1 Å². The van der Waals surface area contributed by atoms with Crippen molar-refractivity contribution in [2.24, 2.45) is 0 Å². The molecule has 2 amide bonds. The number of carbonyl (C=O) groups excluding carboxylic acids is 2. The van der Waals surface area contributed by atoms with E-state index in [0.717, 1.165) is 4.88 Å². The van der Waals surface area contributed by atoms with E-state index >= 15 is 0 Å². The van der Waals surface area contributed by atoms with Crippen molar-refractivity contribution in [3.8, 4) is 22.8 Å². The first-order chi connectivity index (χ1) is 18.7. The van der Waals surface area contributed by atoms with Gasteiger partial charge in [-0.3, -0.25) is 19.9 Å². The number of alkyl halides is 2. The number of aromatic nitrogens is 4. The fourth-order valence-corrected chi connectivity index (χ4v) is 5.15. The number of ether oxygens (including phenoxy) is 2. The van der Waals surface area contributed by atoms with Crippen LogP contribution in [0.15, 0.2) is 42.7 Å². The highest BCUT2D eigenvalue weighted by Gasteiger charge is 2.29. The number of nitrogens with one attached hydrogen (secondary N) is 1. The third-order valence-corrected chi connectivity index (χ3v) is 6.95. The summed E-state index contributed by atoms with van der Waals surface area (Å²) in [4.78, 5) is 45.1. The van der Waals surface area contributed by atoms with Crippen LogP contribution in [-0.2, 0) is 13.1 Å². The number of rotatable bonds is 7. The third-order valence-electron chi connectivity index (χ3n) is 5.74. The minimum absolute atomic E-state index is 0.0251. The van der Waals surface area contributed by atoms with Crippen molar-refractivity contribution >= 4 is 39.9 Å². The van der Waals surface area contributed by atoms with Gasteiger partial charge in [0.15, 0.2) is 5.13 Å². The van der Waals surface area contributed by atoms with E-state index in [2.05, 4.69) is 30.0 Å². The van der Waals surface area contributed by atoms with Crippen molar-refractivity contribution in [3.63, 3.8) is 0 Å². The maximum absolute atomic E-state index is 13.3. The number of methoxy groups -OCH3 is 1. The first-order valence-corrected chi connectivity index (χ1v) is 12.6. The number of hydrogen-bond acceptors (Lipinski definition) is 9. The number of halogens is 3. The number of anilines is 1. The molecular weight excluding hydrogens is 554 g/mol. The van der Waals surface area contributed by atoms with Crippen LogP contribution in [0.1, 0.15) is 37.1 Å². The highest BCUT2D eigenvalue weighted by atomic mass is 35.5. The Hall–Kier alpha value is -4.23. The largest absolute Gasteiger partial charge is 0.494 e. The lowest BCUT2D eigenvalue weighted by Gasteiger charge is -2.15. The van der Waals surface area contributed by atoms with Crippen molar-refractivity contribution in [2.75, 3.05) is 12.4 Å². The molecule has 39 heavy (non-hydrogen) atoms. The Morgan fingerprint density at radius 2 is 1.95 bits per heavy atom. The van der Waals surface area contributed by atoms with Gasteiger partial charge in [0.1, 0.15) is 16.6 Å². The van der Waals surface area contributed by atoms with Gasteiger partial charge in [-0.15, -0.1) is 0 Å².